The Bertz CT molecular complexity index is 2210. The van der Waals surface area contributed by atoms with E-state index in [1.54, 1.807) is 13.8 Å². The van der Waals surface area contributed by atoms with E-state index in [1.165, 1.54) is 64.2 Å². The van der Waals surface area contributed by atoms with E-state index in [9.17, 15) is 28.8 Å². The number of carbonyl (C=O) groups is 6. The van der Waals surface area contributed by atoms with Crippen molar-refractivity contribution in [2.45, 2.75) is 124 Å². The molecule has 1 heterocycles. The Morgan fingerprint density at radius 3 is 1.46 bits per heavy atom. The van der Waals surface area contributed by atoms with Gasteiger partial charge in [-0.3, -0.25) is 14.4 Å². The average Bonchev–Trinajstić information content (AvgIpc) is 4.17. The Kier molecular flexibility index (Phi) is 10.5. The van der Waals surface area contributed by atoms with Gasteiger partial charge in [-0.1, -0.05) is 50.3 Å². The van der Waals surface area contributed by atoms with Crippen molar-refractivity contribution in [3.8, 4) is 0 Å². The minimum atomic E-state index is -1.17. The van der Waals surface area contributed by atoms with E-state index in [0.717, 1.165) is 49.0 Å². The van der Waals surface area contributed by atoms with E-state index in [2.05, 4.69) is 35.1 Å². The number of esters is 6. The van der Waals surface area contributed by atoms with Gasteiger partial charge in [0.15, 0.2) is 6.10 Å². The van der Waals surface area contributed by atoms with Crippen LogP contribution in [0.2, 0.25) is 0 Å². The Morgan fingerprint density at radius 2 is 1.06 bits per heavy atom. The zero-order valence-electron chi connectivity index (χ0n) is 39.7. The lowest BCUT2D eigenvalue weighted by Gasteiger charge is -2.58. The molecule has 0 radical (unpaired) electrons. The number of rotatable bonds is 8. The van der Waals surface area contributed by atoms with Crippen LogP contribution in [0.5, 0.6) is 0 Å². The molecular weight excluding hydrogens is 849 g/mol. The fraction of sp³-hybridized carbons (Fsp3) is 0.750. The average molecular weight is 919 g/mol. The second-order valence-corrected chi connectivity index (χ2v) is 25.6. The van der Waals surface area contributed by atoms with Gasteiger partial charge in [0.05, 0.1) is 29.4 Å². The Morgan fingerprint density at radius 1 is 0.582 bits per heavy atom. The van der Waals surface area contributed by atoms with Crippen molar-refractivity contribution in [3.05, 3.63) is 48.3 Å². The van der Waals surface area contributed by atoms with Crippen LogP contribution in [0.4, 0.5) is 0 Å². The molecular formula is C56H70O11. The molecule has 360 valence electrons. The van der Waals surface area contributed by atoms with Crippen LogP contribution in [-0.4, -0.2) is 53.6 Å². The summed E-state index contributed by atoms with van der Waals surface area (Å²) in [6.45, 7) is 7.90. The number of hydrogen-bond donors (Lipinski definition) is 1. The SMILES string of the molecule is CC1(C(=O)OC(=O)/C=C(\OC(=O)C2CC3C=CC2C3)C(=O)OC(=O)C2(C)C3C=CC(C3)C2C2C3CC4CC(C3)CC2C4)C2C=CC(C2)C1C1C2CC3CC(C2)CC1C3.CC1(C)COC(=O)C1O. The predicted molar refractivity (Wildman–Crippen MR) is 242 cm³/mol. The predicted octanol–water partition coefficient (Wildman–Crippen LogP) is 8.50. The van der Waals surface area contributed by atoms with Crippen molar-refractivity contribution < 1.29 is 52.8 Å². The van der Waals surface area contributed by atoms with Crippen molar-refractivity contribution in [1.82, 2.24) is 0 Å². The van der Waals surface area contributed by atoms with E-state index in [-0.39, 0.29) is 47.3 Å². The summed E-state index contributed by atoms with van der Waals surface area (Å²) in [5.41, 5.74) is -2.17. The van der Waals surface area contributed by atoms with E-state index < -0.39 is 69.8 Å². The van der Waals surface area contributed by atoms with Gasteiger partial charge < -0.3 is 24.1 Å². The molecule has 1 N–H and O–H groups in total. The number of aliphatic hydroxyl groups excluding tert-OH is 1. The number of fused-ring (bicyclic) bond motifs is 6. The first-order valence-corrected chi connectivity index (χ1v) is 26.3. The van der Waals surface area contributed by atoms with Gasteiger partial charge >= 0.3 is 35.8 Å². The molecule has 11 nitrogen and oxygen atoms in total. The van der Waals surface area contributed by atoms with E-state index in [1.807, 2.05) is 19.9 Å². The van der Waals surface area contributed by atoms with Gasteiger partial charge in [0.1, 0.15) is 0 Å². The van der Waals surface area contributed by atoms with Crippen LogP contribution in [0.25, 0.3) is 0 Å². The number of aliphatic hydroxyl groups is 1. The third-order valence-corrected chi connectivity index (χ3v) is 21.6. The highest BCUT2D eigenvalue weighted by molar-refractivity contribution is 6.04. The van der Waals surface area contributed by atoms with Gasteiger partial charge in [-0.05, 0) is 210 Å². The summed E-state index contributed by atoms with van der Waals surface area (Å²) in [4.78, 5) is 81.4. The van der Waals surface area contributed by atoms with Crippen molar-refractivity contribution in [3.63, 3.8) is 0 Å². The first kappa shape index (κ1) is 44.4. The molecule has 0 aromatic rings. The molecule has 14 aliphatic carbocycles. The largest absolute Gasteiger partial charge is 0.463 e. The number of cyclic esters (lactones) is 1. The molecule has 1 aliphatic heterocycles. The molecule has 0 aromatic heterocycles. The quantitative estimate of drug-likeness (QED) is 0.0621. The second kappa shape index (κ2) is 15.8. The molecule has 15 rings (SSSR count). The molecule has 0 aromatic carbocycles. The van der Waals surface area contributed by atoms with Gasteiger partial charge in [-0.2, -0.15) is 0 Å². The highest BCUT2D eigenvalue weighted by Crippen LogP contribution is 2.69. The van der Waals surface area contributed by atoms with Gasteiger partial charge in [0.2, 0.25) is 5.76 Å². The zero-order chi connectivity index (χ0) is 46.5. The standard InChI is InChI=1S/C50H60O8.C6H10O3/c1-49(36-7-5-30(21-36)43(49)41-32-12-25-9-26(14-32)15-33(41)13-25)47(54)57-40(51)23-39(56-45(52)38-20-24-3-4-29(38)11-24)46(53)58-48(55)50(2)37-8-6-31(22-37)44(50)42-34-16-27-10-28(18-34)19-35(42)17-27;1-6(2)3-9-5(8)4(6)7/h3-8,23-38,41-44H,9-22H2,1-2H3;4,7H,3H2,1-2H3/b39-23-;. The highest BCUT2D eigenvalue weighted by Gasteiger charge is 2.66. The summed E-state index contributed by atoms with van der Waals surface area (Å²) in [5.74, 6) is 1.80. The summed E-state index contributed by atoms with van der Waals surface area (Å²) in [7, 11) is 0. The summed E-state index contributed by atoms with van der Waals surface area (Å²) in [6.07, 6.45) is 28.7. The van der Waals surface area contributed by atoms with Crippen LogP contribution >= 0.6 is 0 Å². The Hall–Kier alpha value is -3.86. The second-order valence-electron chi connectivity index (χ2n) is 25.6. The lowest BCUT2D eigenvalue weighted by molar-refractivity contribution is -0.177. The number of allylic oxidation sites excluding steroid dienone is 6. The van der Waals surface area contributed by atoms with Crippen molar-refractivity contribution in [1.29, 1.82) is 0 Å². The lowest BCUT2D eigenvalue weighted by atomic mass is 9.46. The molecule has 12 atom stereocenters. The maximum absolute atomic E-state index is 14.6. The van der Waals surface area contributed by atoms with Gasteiger partial charge in [-0.15, -0.1) is 0 Å². The smallest absolute Gasteiger partial charge is 0.382 e. The van der Waals surface area contributed by atoms with Gasteiger partial charge in [0.25, 0.3) is 0 Å². The molecule has 0 amide bonds. The molecule has 11 saturated carbocycles. The van der Waals surface area contributed by atoms with Crippen molar-refractivity contribution in [2.24, 2.45) is 129 Å². The summed E-state index contributed by atoms with van der Waals surface area (Å²) >= 11 is 0. The fourth-order valence-corrected chi connectivity index (χ4v) is 19.0. The molecule has 1 saturated heterocycles. The Balaban J connectivity index is 0.000000469. The fourth-order valence-electron chi connectivity index (χ4n) is 19.0. The minimum Gasteiger partial charge on any atom is -0.463 e. The highest BCUT2D eigenvalue weighted by atomic mass is 16.6. The van der Waals surface area contributed by atoms with Crippen LogP contribution in [0.1, 0.15) is 118 Å². The molecule has 12 unspecified atom stereocenters. The first-order chi connectivity index (χ1) is 32.0. The van der Waals surface area contributed by atoms with Crippen LogP contribution in [0.3, 0.4) is 0 Å². The monoisotopic (exact) mass is 918 g/mol. The number of hydrogen-bond acceptors (Lipinski definition) is 11. The maximum atomic E-state index is 14.6. The lowest BCUT2D eigenvalue weighted by Crippen LogP contribution is -2.54. The van der Waals surface area contributed by atoms with E-state index >= 15 is 0 Å². The van der Waals surface area contributed by atoms with Gasteiger partial charge in [0, 0.05) is 5.41 Å². The van der Waals surface area contributed by atoms with Crippen molar-refractivity contribution >= 4 is 35.8 Å². The minimum absolute atomic E-state index is 0.000636. The number of carbonyl (C=O) groups excluding carboxylic acids is 6. The van der Waals surface area contributed by atoms with Crippen LogP contribution < -0.4 is 0 Å². The summed E-state index contributed by atoms with van der Waals surface area (Å²) in [6, 6.07) is 0. The molecule has 12 fully saturated rings. The normalized spacial score (nSPS) is 49.9. The molecule has 67 heavy (non-hydrogen) atoms. The summed E-state index contributed by atoms with van der Waals surface area (Å²) in [5, 5.41) is 9.05. The molecule has 11 heteroatoms. The number of ether oxygens (including phenoxy) is 4. The van der Waals surface area contributed by atoms with Crippen LogP contribution in [0.15, 0.2) is 48.3 Å². The third-order valence-electron chi connectivity index (χ3n) is 21.6. The zero-order valence-corrected chi connectivity index (χ0v) is 39.7. The third kappa shape index (κ3) is 7.00. The molecule has 15 aliphatic rings. The van der Waals surface area contributed by atoms with E-state index in [4.69, 9.17) is 19.3 Å². The molecule has 0 spiro atoms. The topological polar surface area (TPSA) is 160 Å². The van der Waals surface area contributed by atoms with Crippen LogP contribution in [0, 0.1) is 129 Å². The van der Waals surface area contributed by atoms with E-state index in [0.29, 0.717) is 48.5 Å². The Labute approximate surface area is 394 Å². The van der Waals surface area contributed by atoms with Crippen molar-refractivity contribution in [2.75, 3.05) is 6.61 Å². The van der Waals surface area contributed by atoms with Gasteiger partial charge in [-0.25, -0.2) is 14.4 Å². The first-order valence-electron chi connectivity index (χ1n) is 26.3. The molecule has 14 bridgehead atoms. The summed E-state index contributed by atoms with van der Waals surface area (Å²) < 4.78 is 21.9. The maximum Gasteiger partial charge on any atom is 0.382 e. The van der Waals surface area contributed by atoms with Crippen LogP contribution in [-0.2, 0) is 47.7 Å².